The smallest absolute Gasteiger partial charge is 0.343 e. The van der Waals surface area contributed by atoms with Crippen molar-refractivity contribution in [3.8, 4) is 0 Å². The van der Waals surface area contributed by atoms with E-state index in [-0.39, 0.29) is 44.0 Å². The fraction of sp³-hybridized carbons (Fsp3) is 0.476. The SMILES string of the molecule is CCOP(=O)(OCC)C1=CC=C(C=O)C(P(=O)(OCC)OCC)N1Cc1ccccc1. The number of rotatable bonds is 13. The summed E-state index contributed by atoms with van der Waals surface area (Å²) in [5.41, 5.74) is 1.25. The van der Waals surface area contributed by atoms with Gasteiger partial charge in [0.25, 0.3) is 0 Å². The summed E-state index contributed by atoms with van der Waals surface area (Å²) in [5, 5.41) is 0. The first-order chi connectivity index (χ1) is 14.9. The lowest BCUT2D eigenvalue weighted by molar-refractivity contribution is -0.105. The molecule has 8 nitrogen and oxygen atoms in total. The van der Waals surface area contributed by atoms with Gasteiger partial charge in [-0.25, -0.2) is 0 Å². The number of hydrogen-bond acceptors (Lipinski definition) is 8. The van der Waals surface area contributed by atoms with Crippen LogP contribution in [0.3, 0.4) is 0 Å². The van der Waals surface area contributed by atoms with E-state index >= 15 is 0 Å². The minimum Gasteiger partial charge on any atom is -0.343 e. The highest BCUT2D eigenvalue weighted by Gasteiger charge is 2.48. The molecule has 0 saturated carbocycles. The molecule has 0 aliphatic carbocycles. The molecule has 0 N–H and O–H groups in total. The van der Waals surface area contributed by atoms with Crippen LogP contribution in [0.15, 0.2) is 53.5 Å². The van der Waals surface area contributed by atoms with E-state index in [1.165, 1.54) is 12.2 Å². The third-order valence-corrected chi connectivity index (χ3v) is 9.02. The van der Waals surface area contributed by atoms with Crippen molar-refractivity contribution >= 4 is 21.5 Å². The number of hydrogen-bond donors (Lipinski definition) is 0. The highest BCUT2D eigenvalue weighted by atomic mass is 31.2. The average Bonchev–Trinajstić information content (AvgIpc) is 2.74. The molecule has 0 bridgehead atoms. The fourth-order valence-corrected chi connectivity index (χ4v) is 7.36. The van der Waals surface area contributed by atoms with Gasteiger partial charge >= 0.3 is 15.2 Å². The van der Waals surface area contributed by atoms with Crippen LogP contribution in [-0.2, 0) is 38.6 Å². The predicted octanol–water partition coefficient (Wildman–Crippen LogP) is 5.33. The highest BCUT2D eigenvalue weighted by Crippen LogP contribution is 2.64. The van der Waals surface area contributed by atoms with Crippen LogP contribution in [0.4, 0.5) is 0 Å². The van der Waals surface area contributed by atoms with Gasteiger partial charge in [0.05, 0.1) is 26.4 Å². The summed E-state index contributed by atoms with van der Waals surface area (Å²) in [7, 11) is -7.63. The summed E-state index contributed by atoms with van der Waals surface area (Å²) in [5.74, 6) is -1.10. The lowest BCUT2D eigenvalue weighted by atomic mass is 10.1. The van der Waals surface area contributed by atoms with Crippen LogP contribution in [0, 0.1) is 0 Å². The Hall–Kier alpha value is -1.53. The highest BCUT2D eigenvalue weighted by molar-refractivity contribution is 7.58. The molecule has 1 aromatic carbocycles. The first-order valence-electron chi connectivity index (χ1n) is 10.3. The molecule has 1 unspecified atom stereocenters. The van der Waals surface area contributed by atoms with Crippen LogP contribution >= 0.6 is 15.2 Å². The Morgan fingerprint density at radius 2 is 1.42 bits per heavy atom. The van der Waals surface area contributed by atoms with Crippen LogP contribution < -0.4 is 0 Å². The molecule has 0 fully saturated rings. The summed E-state index contributed by atoms with van der Waals surface area (Å²) < 4.78 is 49.8. The maximum atomic E-state index is 13.8. The Kier molecular flexibility index (Phi) is 9.89. The molecule has 1 aromatic rings. The standard InChI is InChI=1S/C21H31NO7P2/c1-5-26-30(24,27-6-2)20-15-14-19(17-23)21(31(25,28-7-3)29-8-4)22(20)16-18-12-10-9-11-13-18/h9-15,17,21H,5-8,16H2,1-4H3. The molecule has 0 aromatic heterocycles. The third-order valence-electron chi connectivity index (χ3n) is 4.44. The van der Waals surface area contributed by atoms with Crippen molar-refractivity contribution in [2.45, 2.75) is 40.0 Å². The molecule has 1 aliphatic heterocycles. The Morgan fingerprint density at radius 3 is 1.90 bits per heavy atom. The van der Waals surface area contributed by atoms with Gasteiger partial charge in [0.15, 0.2) is 5.78 Å². The normalized spacial score (nSPS) is 17.3. The van der Waals surface area contributed by atoms with Gasteiger partial charge in [-0.15, -0.1) is 0 Å². The Morgan fingerprint density at radius 1 is 0.871 bits per heavy atom. The van der Waals surface area contributed by atoms with E-state index in [1.807, 2.05) is 30.3 Å². The van der Waals surface area contributed by atoms with E-state index in [9.17, 15) is 13.9 Å². The molecule has 1 heterocycles. The van der Waals surface area contributed by atoms with Crippen molar-refractivity contribution in [2.75, 3.05) is 26.4 Å². The second-order valence-corrected chi connectivity index (χ2v) is 10.6. The topological polar surface area (TPSA) is 91.4 Å². The zero-order chi connectivity index (χ0) is 22.9. The Labute approximate surface area is 184 Å². The number of aldehydes is 1. The van der Waals surface area contributed by atoms with E-state index in [2.05, 4.69) is 0 Å². The maximum absolute atomic E-state index is 13.8. The zero-order valence-corrected chi connectivity index (χ0v) is 20.2. The summed E-state index contributed by atoms with van der Waals surface area (Å²) in [6.45, 7) is 7.55. The van der Waals surface area contributed by atoms with Crippen LogP contribution in [0.2, 0.25) is 0 Å². The van der Waals surface area contributed by atoms with Crippen LogP contribution in [0.25, 0.3) is 0 Å². The maximum Gasteiger partial charge on any atom is 0.377 e. The molecule has 0 spiro atoms. The van der Waals surface area contributed by atoms with E-state index in [4.69, 9.17) is 18.1 Å². The predicted molar refractivity (Wildman–Crippen MR) is 120 cm³/mol. The van der Waals surface area contributed by atoms with Crippen LogP contribution in [-0.4, -0.2) is 43.4 Å². The van der Waals surface area contributed by atoms with Gasteiger partial charge in [-0.1, -0.05) is 36.4 Å². The van der Waals surface area contributed by atoms with E-state index in [0.717, 1.165) is 5.56 Å². The second-order valence-electron chi connectivity index (χ2n) is 6.50. The first kappa shape index (κ1) is 25.7. The Balaban J connectivity index is 2.69. The van der Waals surface area contributed by atoms with Crippen molar-refractivity contribution in [1.82, 2.24) is 4.90 Å². The van der Waals surface area contributed by atoms with E-state index < -0.39 is 21.0 Å². The van der Waals surface area contributed by atoms with Crippen molar-refractivity contribution in [2.24, 2.45) is 0 Å². The molecule has 1 aliphatic rings. The molecule has 31 heavy (non-hydrogen) atoms. The van der Waals surface area contributed by atoms with Gasteiger partial charge < -0.3 is 23.0 Å². The zero-order valence-electron chi connectivity index (χ0n) is 18.4. The first-order valence-corrected chi connectivity index (χ1v) is 13.5. The van der Waals surface area contributed by atoms with Gasteiger partial charge in [-0.2, -0.15) is 0 Å². The van der Waals surface area contributed by atoms with Crippen LogP contribution in [0.5, 0.6) is 0 Å². The lowest BCUT2D eigenvalue weighted by Crippen LogP contribution is -2.39. The van der Waals surface area contributed by atoms with Gasteiger partial charge in [0.2, 0.25) is 0 Å². The van der Waals surface area contributed by atoms with Crippen LogP contribution in [0.1, 0.15) is 33.3 Å². The summed E-state index contributed by atoms with van der Waals surface area (Å²) in [6, 6.07) is 9.37. The molecular weight excluding hydrogens is 440 g/mol. The Bertz CT molecular complexity index is 865. The molecule has 1 atom stereocenters. The second kappa shape index (κ2) is 11.9. The van der Waals surface area contributed by atoms with Crippen molar-refractivity contribution < 1.29 is 32.0 Å². The van der Waals surface area contributed by atoms with E-state index in [0.29, 0.717) is 6.29 Å². The summed E-state index contributed by atoms with van der Waals surface area (Å²) in [4.78, 5) is 13.5. The quantitative estimate of drug-likeness (QED) is 0.282. The van der Waals surface area contributed by atoms with Gasteiger partial charge in [0, 0.05) is 12.1 Å². The summed E-state index contributed by atoms with van der Waals surface area (Å²) >= 11 is 0. The van der Waals surface area contributed by atoms with Gasteiger partial charge in [0.1, 0.15) is 11.7 Å². The molecular formula is C21H31NO7P2. The monoisotopic (exact) mass is 471 g/mol. The van der Waals surface area contributed by atoms with Gasteiger partial charge in [-0.05, 0) is 39.3 Å². The molecule has 0 amide bonds. The average molecular weight is 471 g/mol. The van der Waals surface area contributed by atoms with Gasteiger partial charge in [-0.3, -0.25) is 13.9 Å². The third kappa shape index (κ3) is 6.04. The van der Waals surface area contributed by atoms with Crippen molar-refractivity contribution in [3.05, 3.63) is 59.1 Å². The van der Waals surface area contributed by atoms with E-state index in [1.54, 1.807) is 32.6 Å². The number of benzene rings is 1. The molecule has 172 valence electrons. The number of carbonyl (C=O) groups excluding carboxylic acids is 1. The molecule has 0 saturated heterocycles. The molecule has 2 rings (SSSR count). The van der Waals surface area contributed by atoms with Crippen molar-refractivity contribution in [1.29, 1.82) is 0 Å². The summed E-state index contributed by atoms with van der Waals surface area (Å²) in [6.07, 6.45) is 3.62. The number of carbonyl (C=O) groups is 1. The molecule has 10 heteroatoms. The molecule has 0 radical (unpaired) electrons. The lowest BCUT2D eigenvalue weighted by Gasteiger charge is -2.41. The largest absolute Gasteiger partial charge is 0.377 e. The minimum absolute atomic E-state index is 0.118. The minimum atomic E-state index is -3.85. The number of nitrogens with zero attached hydrogens (tertiary/aromatic N) is 1. The number of allylic oxidation sites excluding steroid dienone is 2. The van der Waals surface area contributed by atoms with Crippen molar-refractivity contribution in [3.63, 3.8) is 0 Å². The fourth-order valence-electron chi connectivity index (χ4n) is 3.36.